The number of ether oxygens (including phenoxy) is 1. The fourth-order valence-electron chi connectivity index (χ4n) is 1.55. The van der Waals surface area contributed by atoms with E-state index in [0.717, 1.165) is 51.6 Å². The van der Waals surface area contributed by atoms with Crippen LogP contribution in [0.4, 0.5) is 0 Å². The highest BCUT2D eigenvalue weighted by Crippen LogP contribution is 2.08. The van der Waals surface area contributed by atoms with Crippen LogP contribution in [0.2, 0.25) is 0 Å². The van der Waals surface area contributed by atoms with E-state index in [1.54, 1.807) is 0 Å². The summed E-state index contributed by atoms with van der Waals surface area (Å²) in [6.07, 6.45) is 2.13. The third-order valence-corrected chi connectivity index (χ3v) is 3.45. The quantitative estimate of drug-likeness (QED) is 0.433. The summed E-state index contributed by atoms with van der Waals surface area (Å²) in [5, 5.41) is 0. The summed E-state index contributed by atoms with van der Waals surface area (Å²) < 4.78 is 5.26. The van der Waals surface area contributed by atoms with Crippen molar-refractivity contribution in [1.29, 1.82) is 0 Å². The second kappa shape index (κ2) is 8.70. The lowest BCUT2D eigenvalue weighted by atomic mass is 10.3. The van der Waals surface area contributed by atoms with Crippen LogP contribution >= 0.6 is 11.8 Å². The molecule has 0 amide bonds. The molecule has 0 aliphatic carbocycles. The van der Waals surface area contributed by atoms with Gasteiger partial charge < -0.3 is 15.4 Å². The highest BCUT2D eigenvalue weighted by atomic mass is 32.2. The molecule has 0 aromatic heterocycles. The Bertz CT molecular complexity index is 205. The maximum atomic E-state index is 5.92. The predicted octanol–water partition coefficient (Wildman–Crippen LogP) is 1.17. The largest absolute Gasteiger partial charge is 0.382 e. The molecule has 0 saturated carbocycles. The average molecular weight is 245 g/mol. The van der Waals surface area contributed by atoms with Gasteiger partial charge in [0.2, 0.25) is 0 Å². The molecule has 0 bridgehead atoms. The summed E-state index contributed by atoms with van der Waals surface area (Å²) in [5.74, 6) is 3.05. The van der Waals surface area contributed by atoms with Crippen LogP contribution in [0.1, 0.15) is 19.8 Å². The van der Waals surface area contributed by atoms with Crippen molar-refractivity contribution < 1.29 is 4.74 Å². The Morgan fingerprint density at radius 2 is 2.12 bits per heavy atom. The Morgan fingerprint density at radius 3 is 2.81 bits per heavy atom. The molecule has 1 aliphatic heterocycles. The molecule has 0 spiro atoms. The molecule has 2 N–H and O–H groups in total. The van der Waals surface area contributed by atoms with Crippen molar-refractivity contribution in [2.24, 2.45) is 10.7 Å². The van der Waals surface area contributed by atoms with E-state index in [9.17, 15) is 0 Å². The summed E-state index contributed by atoms with van der Waals surface area (Å²) in [5.41, 5.74) is 5.92. The highest BCUT2D eigenvalue weighted by Gasteiger charge is 2.11. The van der Waals surface area contributed by atoms with Crippen molar-refractivity contribution >= 4 is 17.7 Å². The third-order valence-electron chi connectivity index (χ3n) is 2.51. The van der Waals surface area contributed by atoms with Crippen LogP contribution in [0.15, 0.2) is 4.99 Å². The summed E-state index contributed by atoms with van der Waals surface area (Å²) in [4.78, 5) is 6.58. The smallest absolute Gasteiger partial charge is 0.191 e. The van der Waals surface area contributed by atoms with Gasteiger partial charge in [-0.2, -0.15) is 11.8 Å². The SMILES string of the molecule is CCOCCCCN=C(N)N1CCSCC1. The summed E-state index contributed by atoms with van der Waals surface area (Å²) in [6, 6.07) is 0. The predicted molar refractivity (Wildman–Crippen MR) is 71.1 cm³/mol. The van der Waals surface area contributed by atoms with Crippen LogP contribution in [0.5, 0.6) is 0 Å². The molecular weight excluding hydrogens is 222 g/mol. The van der Waals surface area contributed by atoms with Gasteiger partial charge in [-0.3, -0.25) is 4.99 Å². The van der Waals surface area contributed by atoms with Crippen LogP contribution < -0.4 is 5.73 Å². The first-order valence-electron chi connectivity index (χ1n) is 6.05. The second-order valence-electron chi connectivity index (χ2n) is 3.74. The van der Waals surface area contributed by atoms with E-state index in [4.69, 9.17) is 10.5 Å². The van der Waals surface area contributed by atoms with Crippen LogP contribution in [0.3, 0.4) is 0 Å². The van der Waals surface area contributed by atoms with E-state index in [0.29, 0.717) is 0 Å². The number of unbranched alkanes of at least 4 members (excludes halogenated alkanes) is 1. The lowest BCUT2D eigenvalue weighted by molar-refractivity contribution is 0.144. The van der Waals surface area contributed by atoms with Crippen molar-refractivity contribution in [3.8, 4) is 0 Å². The van der Waals surface area contributed by atoms with Gasteiger partial charge in [0.1, 0.15) is 0 Å². The highest BCUT2D eigenvalue weighted by molar-refractivity contribution is 7.99. The maximum absolute atomic E-state index is 5.92. The molecule has 1 aliphatic rings. The molecule has 4 nitrogen and oxygen atoms in total. The Kier molecular flexibility index (Phi) is 7.42. The molecule has 0 radical (unpaired) electrons. The molecule has 1 rings (SSSR count). The van der Waals surface area contributed by atoms with Crippen molar-refractivity contribution in [3.63, 3.8) is 0 Å². The van der Waals surface area contributed by atoms with Crippen LogP contribution in [0, 0.1) is 0 Å². The van der Waals surface area contributed by atoms with Crippen LogP contribution in [-0.4, -0.2) is 55.2 Å². The van der Waals surface area contributed by atoms with E-state index in [2.05, 4.69) is 9.89 Å². The number of nitrogens with two attached hydrogens (primary N) is 1. The molecule has 1 saturated heterocycles. The summed E-state index contributed by atoms with van der Waals surface area (Å²) in [7, 11) is 0. The van der Waals surface area contributed by atoms with Crippen LogP contribution in [0.25, 0.3) is 0 Å². The van der Waals surface area contributed by atoms with E-state index in [1.165, 1.54) is 11.5 Å². The zero-order valence-corrected chi connectivity index (χ0v) is 11.0. The fourth-order valence-corrected chi connectivity index (χ4v) is 2.45. The summed E-state index contributed by atoms with van der Waals surface area (Å²) >= 11 is 1.98. The van der Waals surface area contributed by atoms with Gasteiger partial charge >= 0.3 is 0 Å². The topological polar surface area (TPSA) is 50.9 Å². The van der Waals surface area contributed by atoms with Crippen molar-refractivity contribution in [3.05, 3.63) is 0 Å². The number of thioether (sulfide) groups is 1. The van der Waals surface area contributed by atoms with Gasteiger partial charge in [-0.05, 0) is 19.8 Å². The number of aliphatic imine (C=N–C) groups is 1. The molecule has 0 atom stereocenters. The average Bonchev–Trinajstić information content (AvgIpc) is 2.34. The first-order chi connectivity index (χ1) is 7.84. The van der Waals surface area contributed by atoms with Crippen LogP contribution in [-0.2, 0) is 4.74 Å². The number of rotatable bonds is 6. The van der Waals surface area contributed by atoms with Gasteiger partial charge in [0, 0.05) is 44.4 Å². The number of guanidine groups is 1. The molecule has 94 valence electrons. The fraction of sp³-hybridized carbons (Fsp3) is 0.909. The third kappa shape index (κ3) is 5.61. The number of hydrogen-bond acceptors (Lipinski definition) is 3. The summed E-state index contributed by atoms with van der Waals surface area (Å²) in [6.45, 7) is 6.56. The Hall–Kier alpha value is -0.420. The lowest BCUT2D eigenvalue weighted by Crippen LogP contribution is -2.42. The monoisotopic (exact) mass is 245 g/mol. The minimum absolute atomic E-state index is 0.719. The zero-order chi connectivity index (χ0) is 11.6. The van der Waals surface area contributed by atoms with Crippen molar-refractivity contribution in [1.82, 2.24) is 4.90 Å². The first kappa shape index (κ1) is 13.6. The minimum Gasteiger partial charge on any atom is -0.382 e. The molecule has 1 heterocycles. The number of nitrogens with zero attached hydrogens (tertiary/aromatic N) is 2. The van der Waals surface area contributed by atoms with Gasteiger partial charge in [-0.15, -0.1) is 0 Å². The molecule has 0 unspecified atom stereocenters. The standard InChI is InChI=1S/C11H23N3OS/c1-2-15-8-4-3-5-13-11(12)14-6-9-16-10-7-14/h2-10H2,1H3,(H2,12,13). The minimum atomic E-state index is 0.719. The van der Waals surface area contributed by atoms with Gasteiger partial charge in [-0.25, -0.2) is 0 Å². The molecule has 16 heavy (non-hydrogen) atoms. The zero-order valence-electron chi connectivity index (χ0n) is 10.2. The van der Waals surface area contributed by atoms with Gasteiger partial charge in [0.15, 0.2) is 5.96 Å². The Labute approximate surface area is 103 Å². The van der Waals surface area contributed by atoms with Gasteiger partial charge in [0.05, 0.1) is 0 Å². The Balaban J connectivity index is 2.07. The van der Waals surface area contributed by atoms with Gasteiger partial charge in [-0.1, -0.05) is 0 Å². The first-order valence-corrected chi connectivity index (χ1v) is 7.20. The molecule has 5 heteroatoms. The molecule has 0 aromatic carbocycles. The normalized spacial score (nSPS) is 17.8. The molecule has 1 fully saturated rings. The molecular formula is C11H23N3OS. The Morgan fingerprint density at radius 1 is 1.38 bits per heavy atom. The van der Waals surface area contributed by atoms with E-state index >= 15 is 0 Å². The van der Waals surface area contributed by atoms with E-state index in [1.807, 2.05) is 18.7 Å². The number of hydrogen-bond donors (Lipinski definition) is 1. The van der Waals surface area contributed by atoms with E-state index in [-0.39, 0.29) is 0 Å². The van der Waals surface area contributed by atoms with Crippen molar-refractivity contribution in [2.45, 2.75) is 19.8 Å². The maximum Gasteiger partial charge on any atom is 0.191 e. The van der Waals surface area contributed by atoms with Crippen molar-refractivity contribution in [2.75, 3.05) is 44.4 Å². The lowest BCUT2D eigenvalue weighted by Gasteiger charge is -2.27. The van der Waals surface area contributed by atoms with Gasteiger partial charge in [0.25, 0.3) is 0 Å². The second-order valence-corrected chi connectivity index (χ2v) is 4.97. The van der Waals surface area contributed by atoms with E-state index < -0.39 is 0 Å². The molecule has 0 aromatic rings.